The van der Waals surface area contributed by atoms with E-state index < -0.39 is 10.0 Å². The van der Waals surface area contributed by atoms with Crippen LogP contribution in [0.15, 0.2) is 0 Å². The molecule has 0 aromatic carbocycles. The van der Waals surface area contributed by atoms with Crippen molar-refractivity contribution in [1.82, 2.24) is 4.72 Å². The summed E-state index contributed by atoms with van der Waals surface area (Å²) < 4.78 is 28.5. The minimum absolute atomic E-state index is 0.0405. The van der Waals surface area contributed by atoms with Gasteiger partial charge in [-0.3, -0.25) is 0 Å². The van der Waals surface area contributed by atoms with Crippen molar-refractivity contribution >= 4 is 10.0 Å². The fourth-order valence-electron chi connectivity index (χ4n) is 4.54. The number of nitrogens with zero attached hydrogens (tertiary/aromatic N) is 1. The van der Waals surface area contributed by atoms with E-state index in [1.54, 1.807) is 0 Å². The SMILES string of the molecule is CCCCCCCCCCCCCCCCCCS(=O)(=O)NCC(C)(C)C[N+](C)(C)CC. The van der Waals surface area contributed by atoms with Gasteiger partial charge in [-0.15, -0.1) is 0 Å². The highest BCUT2D eigenvalue weighted by atomic mass is 32.2. The van der Waals surface area contributed by atoms with Crippen LogP contribution in [0.5, 0.6) is 0 Å². The Labute approximate surface area is 203 Å². The first kappa shape index (κ1) is 31.9. The monoisotopic (exact) mass is 475 g/mol. The maximum Gasteiger partial charge on any atom is 0.211 e. The van der Waals surface area contributed by atoms with Gasteiger partial charge >= 0.3 is 0 Å². The van der Waals surface area contributed by atoms with Gasteiger partial charge in [0, 0.05) is 12.0 Å². The minimum Gasteiger partial charge on any atom is -0.328 e. The summed E-state index contributed by atoms with van der Waals surface area (Å²) in [4.78, 5) is 0. The Bertz CT molecular complexity index is 530. The number of hydrogen-bond donors (Lipinski definition) is 1. The van der Waals surface area contributed by atoms with E-state index in [1.165, 1.54) is 89.9 Å². The van der Waals surface area contributed by atoms with Crippen LogP contribution in [0.25, 0.3) is 0 Å². The van der Waals surface area contributed by atoms with Crippen molar-refractivity contribution in [2.45, 2.75) is 130 Å². The van der Waals surface area contributed by atoms with Gasteiger partial charge in [0.25, 0.3) is 0 Å². The van der Waals surface area contributed by atoms with E-state index in [4.69, 9.17) is 0 Å². The number of sulfonamides is 1. The minimum atomic E-state index is -3.15. The van der Waals surface area contributed by atoms with Gasteiger partial charge in [0.15, 0.2) is 0 Å². The van der Waals surface area contributed by atoms with Gasteiger partial charge in [-0.1, -0.05) is 117 Å². The number of nitrogens with one attached hydrogen (secondary N) is 1. The molecule has 0 aliphatic carbocycles. The molecule has 0 rings (SSSR count). The van der Waals surface area contributed by atoms with Gasteiger partial charge in [0.05, 0.1) is 32.9 Å². The second kappa shape index (κ2) is 18.2. The molecule has 0 spiro atoms. The van der Waals surface area contributed by atoms with Gasteiger partial charge in [-0.25, -0.2) is 13.1 Å². The number of unbranched alkanes of at least 4 members (excludes halogenated alkanes) is 15. The summed E-state index contributed by atoms with van der Waals surface area (Å²) in [5, 5.41) is 0. The number of rotatable bonds is 23. The number of hydrogen-bond acceptors (Lipinski definition) is 2. The molecular formula is C27H59N2O2S+. The zero-order valence-electron chi connectivity index (χ0n) is 22.8. The predicted molar refractivity (Wildman–Crippen MR) is 143 cm³/mol. The quantitative estimate of drug-likeness (QED) is 0.125. The first-order chi connectivity index (χ1) is 15.0. The molecule has 0 aliphatic heterocycles. The van der Waals surface area contributed by atoms with Crippen LogP contribution < -0.4 is 4.72 Å². The van der Waals surface area contributed by atoms with Crippen molar-refractivity contribution in [3.05, 3.63) is 0 Å². The molecule has 0 saturated heterocycles. The van der Waals surface area contributed by atoms with Crippen molar-refractivity contribution in [3.8, 4) is 0 Å². The largest absolute Gasteiger partial charge is 0.328 e. The van der Waals surface area contributed by atoms with Gasteiger partial charge in [0.1, 0.15) is 0 Å². The lowest BCUT2D eigenvalue weighted by Gasteiger charge is -2.36. The van der Waals surface area contributed by atoms with Crippen molar-refractivity contribution in [1.29, 1.82) is 0 Å². The van der Waals surface area contributed by atoms with Crippen molar-refractivity contribution in [2.75, 3.05) is 39.5 Å². The summed E-state index contributed by atoms with van der Waals surface area (Å²) in [5.74, 6) is 0.271. The van der Waals surface area contributed by atoms with Crippen LogP contribution in [0.2, 0.25) is 0 Å². The normalized spacial score (nSPS) is 13.1. The first-order valence-electron chi connectivity index (χ1n) is 13.8. The van der Waals surface area contributed by atoms with Crippen LogP contribution in [0.1, 0.15) is 130 Å². The molecule has 0 fully saturated rings. The fourth-order valence-corrected chi connectivity index (χ4v) is 5.88. The lowest BCUT2D eigenvalue weighted by molar-refractivity contribution is -0.894. The van der Waals surface area contributed by atoms with Crippen molar-refractivity contribution in [2.24, 2.45) is 5.41 Å². The van der Waals surface area contributed by atoms with Crippen molar-refractivity contribution < 1.29 is 12.9 Å². The standard InChI is InChI=1S/C27H59N2O2S/c1-7-9-10-11-12-13-14-15-16-17-18-19-20-21-22-23-24-32(30,31)28-25-27(3,4)26-29(5,6)8-2/h28H,7-26H2,1-6H3/q+1. The second-order valence-electron chi connectivity index (χ2n) is 11.5. The van der Waals surface area contributed by atoms with Gasteiger partial charge in [-0.05, 0) is 13.3 Å². The third-order valence-electron chi connectivity index (χ3n) is 6.75. The van der Waals surface area contributed by atoms with Gasteiger partial charge in [0.2, 0.25) is 10.0 Å². The lowest BCUT2D eigenvalue weighted by atomic mass is 9.92. The molecule has 0 heterocycles. The average Bonchev–Trinajstić information content (AvgIpc) is 2.71. The van der Waals surface area contributed by atoms with E-state index in [1.807, 2.05) is 0 Å². The van der Waals surface area contributed by atoms with E-state index >= 15 is 0 Å². The molecule has 0 saturated carbocycles. The first-order valence-corrected chi connectivity index (χ1v) is 15.5. The van der Waals surface area contributed by atoms with Crippen molar-refractivity contribution in [3.63, 3.8) is 0 Å². The molecule has 0 radical (unpaired) electrons. The Morgan fingerprint density at radius 2 is 1.03 bits per heavy atom. The third-order valence-corrected chi connectivity index (χ3v) is 8.16. The molecular weight excluding hydrogens is 416 g/mol. The Kier molecular flexibility index (Phi) is 18.2. The molecule has 1 N–H and O–H groups in total. The van der Waals surface area contributed by atoms with E-state index in [0.29, 0.717) is 6.54 Å². The second-order valence-corrected chi connectivity index (χ2v) is 13.4. The number of quaternary nitrogens is 1. The summed E-state index contributed by atoms with van der Waals surface area (Å²) in [6.45, 7) is 11.3. The highest BCUT2D eigenvalue weighted by Crippen LogP contribution is 2.19. The van der Waals surface area contributed by atoms with Crippen LogP contribution >= 0.6 is 0 Å². The molecule has 32 heavy (non-hydrogen) atoms. The topological polar surface area (TPSA) is 46.2 Å². The van der Waals surface area contributed by atoms with E-state index in [-0.39, 0.29) is 11.2 Å². The maximum absolute atomic E-state index is 12.3. The molecule has 0 aromatic rings. The molecule has 0 atom stereocenters. The maximum atomic E-state index is 12.3. The third kappa shape index (κ3) is 20.5. The molecule has 5 heteroatoms. The highest BCUT2D eigenvalue weighted by molar-refractivity contribution is 7.89. The highest BCUT2D eigenvalue weighted by Gasteiger charge is 2.28. The van der Waals surface area contributed by atoms with Crippen LogP contribution in [0, 0.1) is 5.41 Å². The van der Waals surface area contributed by atoms with Crippen LogP contribution in [0.3, 0.4) is 0 Å². The van der Waals surface area contributed by atoms with Crippen LogP contribution in [-0.2, 0) is 10.0 Å². The summed E-state index contributed by atoms with van der Waals surface area (Å²) in [5.41, 5.74) is -0.0405. The summed E-state index contributed by atoms with van der Waals surface area (Å²) >= 11 is 0. The smallest absolute Gasteiger partial charge is 0.211 e. The van der Waals surface area contributed by atoms with Gasteiger partial charge < -0.3 is 4.48 Å². The fraction of sp³-hybridized carbons (Fsp3) is 1.00. The molecule has 0 aromatic heterocycles. The molecule has 4 nitrogen and oxygen atoms in total. The Balaban J connectivity index is 3.59. The van der Waals surface area contributed by atoms with Crippen LogP contribution in [0.4, 0.5) is 0 Å². The molecule has 194 valence electrons. The Morgan fingerprint density at radius 3 is 1.41 bits per heavy atom. The zero-order chi connectivity index (χ0) is 24.3. The van der Waals surface area contributed by atoms with E-state index in [9.17, 15) is 8.42 Å². The predicted octanol–water partition coefficient (Wildman–Crippen LogP) is 7.29. The molecule has 0 amide bonds. The average molecular weight is 476 g/mol. The lowest BCUT2D eigenvalue weighted by Crippen LogP contribution is -2.49. The molecule has 0 aliphatic rings. The summed E-state index contributed by atoms with van der Waals surface area (Å²) in [6, 6.07) is 0. The van der Waals surface area contributed by atoms with Gasteiger partial charge in [-0.2, -0.15) is 0 Å². The van der Waals surface area contributed by atoms with E-state index in [0.717, 1.165) is 30.4 Å². The van der Waals surface area contributed by atoms with Crippen LogP contribution in [-0.4, -0.2) is 52.4 Å². The zero-order valence-corrected chi connectivity index (χ0v) is 23.6. The Morgan fingerprint density at radius 1 is 0.656 bits per heavy atom. The summed E-state index contributed by atoms with van der Waals surface area (Å²) in [6.07, 6.45) is 20.9. The van der Waals surface area contributed by atoms with E-state index in [2.05, 4.69) is 46.5 Å². The Hall–Kier alpha value is -0.130. The molecule has 0 unspecified atom stereocenters. The summed E-state index contributed by atoms with van der Waals surface area (Å²) in [7, 11) is 1.25. The molecule has 0 bridgehead atoms.